The molecule has 1 aromatic rings. The molecule has 5 nitrogen and oxygen atoms in total. The second-order valence-electron chi connectivity index (χ2n) is 5.77. The number of benzene rings is 1. The fraction of sp³-hybridized carbons (Fsp3) is 0.588. The van der Waals surface area contributed by atoms with Crippen molar-refractivity contribution in [3.8, 4) is 0 Å². The molecule has 0 bridgehead atoms. The summed E-state index contributed by atoms with van der Waals surface area (Å²) in [6.07, 6.45) is 3.41. The molecule has 1 aromatic carbocycles. The molecule has 2 N–H and O–H groups in total. The van der Waals surface area contributed by atoms with Crippen molar-refractivity contribution in [1.82, 2.24) is 4.90 Å². The third kappa shape index (κ3) is 6.47. The number of aliphatic hydroxyl groups excluding tert-OH is 1. The predicted octanol–water partition coefficient (Wildman–Crippen LogP) is 2.53. The zero-order valence-electron chi connectivity index (χ0n) is 13.3. The van der Waals surface area contributed by atoms with Crippen molar-refractivity contribution < 1.29 is 14.6 Å². The first-order valence-electron chi connectivity index (χ1n) is 8.18. The number of hydrogen-bond donors (Lipinski definition) is 2. The predicted molar refractivity (Wildman–Crippen MR) is 91.8 cm³/mol. The Balaban J connectivity index is 1.63. The van der Waals surface area contributed by atoms with Crippen LogP contribution in [0.15, 0.2) is 24.3 Å². The van der Waals surface area contributed by atoms with Gasteiger partial charge < -0.3 is 20.1 Å². The number of ether oxygens (including phenoxy) is 1. The van der Waals surface area contributed by atoms with Crippen LogP contribution >= 0.6 is 11.6 Å². The Kier molecular flexibility index (Phi) is 7.82. The highest BCUT2D eigenvalue weighted by molar-refractivity contribution is 6.33. The summed E-state index contributed by atoms with van der Waals surface area (Å²) < 4.78 is 5.71. The number of nitrogens with zero attached hydrogens (tertiary/aromatic N) is 1. The number of nitrogens with one attached hydrogen (secondary N) is 1. The number of para-hydroxylation sites is 1. The Morgan fingerprint density at radius 2 is 2.09 bits per heavy atom. The van der Waals surface area contributed by atoms with Crippen LogP contribution in [0.3, 0.4) is 0 Å². The summed E-state index contributed by atoms with van der Waals surface area (Å²) in [4.78, 5) is 14.3. The SMILES string of the molecule is O=C(CCN1CCC(OCCCO)CC1)Nc1ccccc1Cl. The number of hydrogen-bond acceptors (Lipinski definition) is 4. The van der Waals surface area contributed by atoms with E-state index in [-0.39, 0.29) is 18.6 Å². The molecule has 1 saturated heterocycles. The van der Waals surface area contributed by atoms with E-state index < -0.39 is 0 Å². The molecule has 0 spiro atoms. The third-order valence-corrected chi connectivity index (χ3v) is 4.32. The number of rotatable bonds is 8. The molecule has 1 amide bonds. The molecule has 1 heterocycles. The zero-order valence-corrected chi connectivity index (χ0v) is 14.1. The average Bonchev–Trinajstić information content (AvgIpc) is 2.56. The Morgan fingerprint density at radius 3 is 2.78 bits per heavy atom. The van der Waals surface area contributed by atoms with E-state index >= 15 is 0 Å². The molecule has 1 fully saturated rings. The standard InChI is InChI=1S/C17H25ClN2O3/c18-15-4-1-2-5-16(15)19-17(22)8-11-20-9-6-14(7-10-20)23-13-3-12-21/h1-2,4-5,14,21H,3,6-13H2,(H,19,22). The molecule has 1 aliphatic heterocycles. The maximum atomic E-state index is 12.0. The minimum Gasteiger partial charge on any atom is -0.396 e. The lowest BCUT2D eigenvalue weighted by Crippen LogP contribution is -2.38. The fourth-order valence-electron chi connectivity index (χ4n) is 2.65. The molecule has 0 aliphatic carbocycles. The van der Waals surface area contributed by atoms with Crippen LogP contribution in [0.4, 0.5) is 5.69 Å². The number of likely N-dealkylation sites (tertiary alicyclic amines) is 1. The number of piperidine rings is 1. The van der Waals surface area contributed by atoms with Crippen LogP contribution in [-0.4, -0.2) is 54.9 Å². The van der Waals surface area contributed by atoms with Gasteiger partial charge >= 0.3 is 0 Å². The van der Waals surface area contributed by atoms with E-state index in [1.807, 2.05) is 12.1 Å². The maximum Gasteiger partial charge on any atom is 0.225 e. The molecule has 0 saturated carbocycles. The maximum absolute atomic E-state index is 12.0. The fourth-order valence-corrected chi connectivity index (χ4v) is 2.83. The normalized spacial score (nSPS) is 16.4. The van der Waals surface area contributed by atoms with Gasteiger partial charge in [-0.2, -0.15) is 0 Å². The zero-order chi connectivity index (χ0) is 16.5. The molecule has 0 unspecified atom stereocenters. The monoisotopic (exact) mass is 340 g/mol. The largest absolute Gasteiger partial charge is 0.396 e. The number of anilines is 1. The number of aliphatic hydroxyl groups is 1. The van der Waals surface area contributed by atoms with Crippen LogP contribution in [0.1, 0.15) is 25.7 Å². The van der Waals surface area contributed by atoms with E-state index in [9.17, 15) is 4.79 Å². The first kappa shape index (κ1) is 18.2. The van der Waals surface area contributed by atoms with Crippen LogP contribution in [-0.2, 0) is 9.53 Å². The van der Waals surface area contributed by atoms with E-state index in [0.717, 1.165) is 32.5 Å². The van der Waals surface area contributed by atoms with Crippen molar-refractivity contribution in [3.63, 3.8) is 0 Å². The van der Waals surface area contributed by atoms with Gasteiger partial charge in [-0.3, -0.25) is 4.79 Å². The molecule has 1 aliphatic rings. The molecular formula is C17H25ClN2O3. The Hall–Kier alpha value is -1.14. The highest BCUT2D eigenvalue weighted by Gasteiger charge is 2.20. The second-order valence-corrected chi connectivity index (χ2v) is 6.17. The van der Waals surface area contributed by atoms with Crippen molar-refractivity contribution in [2.75, 3.05) is 38.2 Å². The minimum atomic E-state index is -0.0144. The van der Waals surface area contributed by atoms with Gasteiger partial charge in [-0.1, -0.05) is 23.7 Å². The van der Waals surface area contributed by atoms with Gasteiger partial charge in [0.1, 0.15) is 0 Å². The Morgan fingerprint density at radius 1 is 1.35 bits per heavy atom. The van der Waals surface area contributed by atoms with Gasteiger partial charge in [0, 0.05) is 39.3 Å². The average molecular weight is 341 g/mol. The van der Waals surface area contributed by atoms with Crippen molar-refractivity contribution in [2.24, 2.45) is 0 Å². The van der Waals surface area contributed by atoms with Crippen molar-refractivity contribution >= 4 is 23.2 Å². The van der Waals surface area contributed by atoms with Crippen LogP contribution in [0, 0.1) is 0 Å². The van der Waals surface area contributed by atoms with E-state index in [4.69, 9.17) is 21.4 Å². The summed E-state index contributed by atoms with van der Waals surface area (Å²) in [6.45, 7) is 3.45. The second kappa shape index (κ2) is 9.88. The van der Waals surface area contributed by atoms with Gasteiger partial charge in [-0.25, -0.2) is 0 Å². The molecule has 6 heteroatoms. The topological polar surface area (TPSA) is 61.8 Å². The first-order valence-corrected chi connectivity index (χ1v) is 8.56. The van der Waals surface area contributed by atoms with Crippen LogP contribution in [0.25, 0.3) is 0 Å². The van der Waals surface area contributed by atoms with Gasteiger partial charge in [-0.05, 0) is 31.4 Å². The number of carbonyl (C=O) groups excluding carboxylic acids is 1. The summed E-state index contributed by atoms with van der Waals surface area (Å²) in [7, 11) is 0. The van der Waals surface area contributed by atoms with E-state index in [2.05, 4.69) is 10.2 Å². The lowest BCUT2D eigenvalue weighted by Gasteiger charge is -2.31. The Labute approximate surface area is 142 Å². The molecular weight excluding hydrogens is 316 g/mol. The number of amides is 1. The highest BCUT2D eigenvalue weighted by Crippen LogP contribution is 2.20. The smallest absolute Gasteiger partial charge is 0.225 e. The Bertz CT molecular complexity index is 490. The summed E-state index contributed by atoms with van der Waals surface area (Å²) in [6, 6.07) is 7.25. The van der Waals surface area contributed by atoms with Crippen LogP contribution in [0.2, 0.25) is 5.02 Å². The summed E-state index contributed by atoms with van der Waals surface area (Å²) in [5.74, 6) is -0.0144. The lowest BCUT2D eigenvalue weighted by atomic mass is 10.1. The molecule has 2 rings (SSSR count). The lowest BCUT2D eigenvalue weighted by molar-refractivity contribution is -0.116. The number of carbonyl (C=O) groups is 1. The first-order chi connectivity index (χ1) is 11.2. The minimum absolute atomic E-state index is 0.0144. The molecule has 0 atom stereocenters. The molecule has 0 radical (unpaired) electrons. The summed E-state index contributed by atoms with van der Waals surface area (Å²) >= 11 is 6.03. The summed E-state index contributed by atoms with van der Waals surface area (Å²) in [5, 5.41) is 12.2. The molecule has 23 heavy (non-hydrogen) atoms. The van der Waals surface area contributed by atoms with E-state index in [1.54, 1.807) is 12.1 Å². The highest BCUT2D eigenvalue weighted by atomic mass is 35.5. The van der Waals surface area contributed by atoms with Gasteiger partial charge in [-0.15, -0.1) is 0 Å². The van der Waals surface area contributed by atoms with Gasteiger partial charge in [0.2, 0.25) is 5.91 Å². The van der Waals surface area contributed by atoms with E-state index in [1.165, 1.54) is 0 Å². The van der Waals surface area contributed by atoms with Crippen molar-refractivity contribution in [2.45, 2.75) is 31.8 Å². The molecule has 0 aromatic heterocycles. The third-order valence-electron chi connectivity index (χ3n) is 3.99. The number of halogens is 1. The van der Waals surface area contributed by atoms with Gasteiger partial charge in [0.05, 0.1) is 16.8 Å². The van der Waals surface area contributed by atoms with Crippen LogP contribution in [0.5, 0.6) is 0 Å². The molecule has 128 valence electrons. The van der Waals surface area contributed by atoms with Gasteiger partial charge in [0.25, 0.3) is 0 Å². The summed E-state index contributed by atoms with van der Waals surface area (Å²) in [5.41, 5.74) is 0.662. The van der Waals surface area contributed by atoms with Crippen molar-refractivity contribution in [3.05, 3.63) is 29.3 Å². The van der Waals surface area contributed by atoms with Gasteiger partial charge in [0.15, 0.2) is 0 Å². The quantitative estimate of drug-likeness (QED) is 0.714. The van der Waals surface area contributed by atoms with E-state index in [0.29, 0.717) is 30.2 Å². The van der Waals surface area contributed by atoms with Crippen molar-refractivity contribution in [1.29, 1.82) is 0 Å². The van der Waals surface area contributed by atoms with Crippen LogP contribution < -0.4 is 5.32 Å².